The monoisotopic (exact) mass is 213 g/mol. The van der Waals surface area contributed by atoms with Crippen LogP contribution in [0.25, 0.3) is 0 Å². The number of aromatic nitrogens is 1. The highest BCUT2D eigenvalue weighted by Crippen LogP contribution is 2.14. The number of benzene rings is 1. The van der Waals surface area contributed by atoms with Gasteiger partial charge in [0.25, 0.3) is 0 Å². The second-order valence-corrected chi connectivity index (χ2v) is 3.62. The zero-order valence-electron chi connectivity index (χ0n) is 8.85. The Bertz CT molecular complexity index is 466. The molecular formula is C13H13N2O. The molecule has 2 rings (SSSR count). The van der Waals surface area contributed by atoms with Gasteiger partial charge < -0.3 is 10.8 Å². The fraction of sp³-hybridized carbons (Fsp3) is 0.154. The van der Waals surface area contributed by atoms with Gasteiger partial charge in [0.05, 0.1) is 6.61 Å². The van der Waals surface area contributed by atoms with E-state index in [4.69, 9.17) is 5.73 Å². The highest BCUT2D eigenvalue weighted by Gasteiger charge is 2.02. The molecule has 0 bridgehead atoms. The summed E-state index contributed by atoms with van der Waals surface area (Å²) in [5.41, 5.74) is 8.59. The summed E-state index contributed by atoms with van der Waals surface area (Å²) in [5.74, 6) is 0.521. The van der Waals surface area contributed by atoms with Crippen LogP contribution in [0.1, 0.15) is 16.7 Å². The maximum Gasteiger partial charge on any atom is 0.123 e. The molecular weight excluding hydrogens is 200 g/mol. The molecule has 16 heavy (non-hydrogen) atoms. The third-order valence-electron chi connectivity index (χ3n) is 2.46. The van der Waals surface area contributed by atoms with Crippen LogP contribution in [-0.4, -0.2) is 10.1 Å². The van der Waals surface area contributed by atoms with Crippen LogP contribution in [0.4, 0.5) is 5.82 Å². The maximum atomic E-state index is 9.18. The van der Waals surface area contributed by atoms with Crippen LogP contribution < -0.4 is 5.73 Å². The van der Waals surface area contributed by atoms with Crippen molar-refractivity contribution in [3.05, 3.63) is 59.3 Å². The van der Waals surface area contributed by atoms with E-state index in [2.05, 4.69) is 11.1 Å². The van der Waals surface area contributed by atoms with Crippen molar-refractivity contribution in [2.24, 2.45) is 0 Å². The van der Waals surface area contributed by atoms with E-state index in [1.165, 1.54) is 0 Å². The first kappa shape index (κ1) is 10.6. The van der Waals surface area contributed by atoms with E-state index in [0.29, 0.717) is 5.82 Å². The van der Waals surface area contributed by atoms with Crippen molar-refractivity contribution >= 4 is 5.82 Å². The number of hydrogen-bond donors (Lipinski definition) is 2. The van der Waals surface area contributed by atoms with Gasteiger partial charge in [-0.25, -0.2) is 4.98 Å². The molecule has 0 atom stereocenters. The number of nitrogen functional groups attached to an aromatic ring is 1. The number of hydrogen-bond acceptors (Lipinski definition) is 3. The molecule has 1 heterocycles. The highest BCUT2D eigenvalue weighted by molar-refractivity contribution is 5.34. The first-order valence-corrected chi connectivity index (χ1v) is 5.08. The molecule has 0 saturated heterocycles. The van der Waals surface area contributed by atoms with Gasteiger partial charge in [-0.15, -0.1) is 0 Å². The predicted octanol–water partition coefficient (Wildman–Crippen LogP) is 1.55. The SMILES string of the molecule is Nc1ccc(Cc2cc[c]cc2CO)cn1. The average Bonchev–Trinajstić information content (AvgIpc) is 2.33. The van der Waals surface area contributed by atoms with Crippen LogP contribution in [0, 0.1) is 6.07 Å². The Kier molecular flexibility index (Phi) is 3.17. The summed E-state index contributed by atoms with van der Waals surface area (Å²) < 4.78 is 0. The summed E-state index contributed by atoms with van der Waals surface area (Å²) in [6.45, 7) is 0.0368. The number of aliphatic hydroxyl groups excluding tert-OH is 1. The highest BCUT2D eigenvalue weighted by atomic mass is 16.3. The Labute approximate surface area is 94.6 Å². The number of pyridine rings is 1. The van der Waals surface area contributed by atoms with Crippen molar-refractivity contribution in [1.29, 1.82) is 0 Å². The number of rotatable bonds is 3. The van der Waals surface area contributed by atoms with Crippen molar-refractivity contribution < 1.29 is 5.11 Å². The number of aliphatic hydroxyl groups is 1. The first-order valence-electron chi connectivity index (χ1n) is 5.08. The van der Waals surface area contributed by atoms with Gasteiger partial charge in [-0.05, 0) is 41.3 Å². The van der Waals surface area contributed by atoms with Gasteiger partial charge in [0.2, 0.25) is 0 Å². The minimum Gasteiger partial charge on any atom is -0.392 e. The maximum absolute atomic E-state index is 9.18. The van der Waals surface area contributed by atoms with Crippen LogP contribution in [0.3, 0.4) is 0 Å². The summed E-state index contributed by atoms with van der Waals surface area (Å²) in [6, 6.07) is 12.3. The van der Waals surface area contributed by atoms with Gasteiger partial charge in [0, 0.05) is 6.20 Å². The molecule has 3 heteroatoms. The standard InChI is InChI=1S/C13H13N2O/c14-13-6-5-10(8-15-13)7-11-3-1-2-4-12(11)9-16/h1,3-6,8,16H,7,9H2,(H2,14,15). The van der Waals surface area contributed by atoms with Crippen molar-refractivity contribution in [2.45, 2.75) is 13.0 Å². The van der Waals surface area contributed by atoms with Gasteiger partial charge in [-0.1, -0.05) is 18.2 Å². The van der Waals surface area contributed by atoms with Crippen LogP contribution in [0.5, 0.6) is 0 Å². The van der Waals surface area contributed by atoms with E-state index in [1.807, 2.05) is 18.2 Å². The Morgan fingerprint density at radius 2 is 2.12 bits per heavy atom. The van der Waals surface area contributed by atoms with Crippen LogP contribution in [0.15, 0.2) is 36.5 Å². The zero-order chi connectivity index (χ0) is 11.4. The van der Waals surface area contributed by atoms with Gasteiger partial charge >= 0.3 is 0 Å². The lowest BCUT2D eigenvalue weighted by Crippen LogP contribution is -1.97. The summed E-state index contributed by atoms with van der Waals surface area (Å²) in [5, 5.41) is 9.18. The van der Waals surface area contributed by atoms with Crippen LogP contribution >= 0.6 is 0 Å². The average molecular weight is 213 g/mol. The predicted molar refractivity (Wildman–Crippen MR) is 62.7 cm³/mol. The fourth-order valence-electron chi connectivity index (χ4n) is 1.58. The molecule has 0 fully saturated rings. The lowest BCUT2D eigenvalue weighted by atomic mass is 10.0. The summed E-state index contributed by atoms with van der Waals surface area (Å²) in [4.78, 5) is 4.04. The lowest BCUT2D eigenvalue weighted by Gasteiger charge is -2.06. The van der Waals surface area contributed by atoms with Crippen molar-refractivity contribution in [3.63, 3.8) is 0 Å². The van der Waals surface area contributed by atoms with E-state index >= 15 is 0 Å². The molecule has 1 aromatic carbocycles. The second kappa shape index (κ2) is 4.77. The van der Waals surface area contributed by atoms with Gasteiger partial charge in [-0.2, -0.15) is 0 Å². The van der Waals surface area contributed by atoms with E-state index in [1.54, 1.807) is 18.3 Å². The molecule has 1 radical (unpaired) electrons. The molecule has 3 N–H and O–H groups in total. The molecule has 0 saturated carbocycles. The fourth-order valence-corrected chi connectivity index (χ4v) is 1.58. The molecule has 0 aliphatic heterocycles. The molecule has 0 amide bonds. The normalized spacial score (nSPS) is 10.3. The number of nitrogens with two attached hydrogens (primary N) is 1. The van der Waals surface area contributed by atoms with E-state index in [9.17, 15) is 5.11 Å². The minimum absolute atomic E-state index is 0.0368. The number of nitrogens with zero attached hydrogens (tertiary/aromatic N) is 1. The zero-order valence-corrected chi connectivity index (χ0v) is 8.85. The third kappa shape index (κ3) is 2.38. The molecule has 0 aliphatic rings. The van der Waals surface area contributed by atoms with Crippen molar-refractivity contribution in [3.8, 4) is 0 Å². The molecule has 2 aromatic rings. The van der Waals surface area contributed by atoms with Gasteiger partial charge in [0.1, 0.15) is 5.82 Å². The molecule has 0 spiro atoms. The van der Waals surface area contributed by atoms with Crippen molar-refractivity contribution in [2.75, 3.05) is 5.73 Å². The lowest BCUT2D eigenvalue weighted by molar-refractivity contribution is 0.281. The molecule has 0 aliphatic carbocycles. The van der Waals surface area contributed by atoms with E-state index in [0.717, 1.165) is 23.1 Å². The first-order chi connectivity index (χ1) is 7.79. The summed E-state index contributed by atoms with van der Waals surface area (Å²) in [7, 11) is 0. The Hall–Kier alpha value is -1.87. The van der Waals surface area contributed by atoms with E-state index < -0.39 is 0 Å². The Balaban J connectivity index is 2.23. The smallest absolute Gasteiger partial charge is 0.123 e. The van der Waals surface area contributed by atoms with Crippen LogP contribution in [-0.2, 0) is 13.0 Å². The topological polar surface area (TPSA) is 59.1 Å². The van der Waals surface area contributed by atoms with E-state index in [-0.39, 0.29) is 6.61 Å². The summed E-state index contributed by atoms with van der Waals surface area (Å²) in [6.07, 6.45) is 2.51. The Morgan fingerprint density at radius 3 is 2.81 bits per heavy atom. The molecule has 3 nitrogen and oxygen atoms in total. The minimum atomic E-state index is 0.0368. The summed E-state index contributed by atoms with van der Waals surface area (Å²) >= 11 is 0. The van der Waals surface area contributed by atoms with Gasteiger partial charge in [0.15, 0.2) is 0 Å². The largest absolute Gasteiger partial charge is 0.392 e. The molecule has 1 aromatic heterocycles. The third-order valence-corrected chi connectivity index (χ3v) is 2.46. The van der Waals surface area contributed by atoms with Crippen molar-refractivity contribution in [1.82, 2.24) is 4.98 Å². The quantitative estimate of drug-likeness (QED) is 0.813. The second-order valence-electron chi connectivity index (χ2n) is 3.62. The molecule has 0 unspecified atom stereocenters. The Morgan fingerprint density at radius 1 is 1.25 bits per heavy atom. The molecule has 81 valence electrons. The van der Waals surface area contributed by atoms with Gasteiger partial charge in [-0.3, -0.25) is 0 Å². The van der Waals surface area contributed by atoms with Crippen LogP contribution in [0.2, 0.25) is 0 Å². The number of anilines is 1.